The average molecular weight is 373 g/mol. The molecule has 0 aliphatic carbocycles. The van der Waals surface area contributed by atoms with Crippen LogP contribution in [0, 0.1) is 0 Å². The predicted octanol–water partition coefficient (Wildman–Crippen LogP) is 2.18. The Bertz CT molecular complexity index is 717. The van der Waals surface area contributed by atoms with Crippen LogP contribution in [-0.4, -0.2) is 45.9 Å². The summed E-state index contributed by atoms with van der Waals surface area (Å²) in [5.41, 5.74) is 0.773. The SMILES string of the molecule is O=C(NC[C@H]1CCCO1)c1cc(N2CCCCS2(=O)=O)ccc1Cl. The van der Waals surface area contributed by atoms with Gasteiger partial charge in [0.25, 0.3) is 5.91 Å². The summed E-state index contributed by atoms with van der Waals surface area (Å²) in [6, 6.07) is 4.76. The maximum absolute atomic E-state index is 12.4. The fourth-order valence-electron chi connectivity index (χ4n) is 3.03. The van der Waals surface area contributed by atoms with Crippen LogP contribution < -0.4 is 9.62 Å². The van der Waals surface area contributed by atoms with Gasteiger partial charge in [-0.2, -0.15) is 0 Å². The monoisotopic (exact) mass is 372 g/mol. The number of carbonyl (C=O) groups is 1. The molecule has 2 fully saturated rings. The number of sulfonamides is 1. The van der Waals surface area contributed by atoms with Crippen molar-refractivity contribution in [1.29, 1.82) is 0 Å². The molecule has 2 saturated heterocycles. The van der Waals surface area contributed by atoms with Crippen LogP contribution in [0.1, 0.15) is 36.0 Å². The Kier molecular flexibility index (Phi) is 5.32. The molecule has 3 rings (SSSR count). The molecule has 2 aliphatic rings. The normalized spacial score (nSPS) is 23.2. The highest BCUT2D eigenvalue weighted by Crippen LogP contribution is 2.28. The molecule has 1 aromatic carbocycles. The molecular formula is C16H21ClN2O4S. The van der Waals surface area contributed by atoms with Crippen molar-refractivity contribution < 1.29 is 17.9 Å². The van der Waals surface area contributed by atoms with Gasteiger partial charge in [-0.3, -0.25) is 9.10 Å². The van der Waals surface area contributed by atoms with E-state index in [2.05, 4.69) is 5.32 Å². The Hall–Kier alpha value is -1.31. The molecular weight excluding hydrogens is 352 g/mol. The van der Waals surface area contributed by atoms with E-state index in [9.17, 15) is 13.2 Å². The van der Waals surface area contributed by atoms with Crippen LogP contribution in [0.3, 0.4) is 0 Å². The topological polar surface area (TPSA) is 75.7 Å². The molecule has 0 bridgehead atoms. The quantitative estimate of drug-likeness (QED) is 0.878. The predicted molar refractivity (Wildman–Crippen MR) is 93.1 cm³/mol. The number of nitrogens with one attached hydrogen (secondary N) is 1. The number of amides is 1. The first kappa shape index (κ1) is 17.5. The molecule has 1 N–H and O–H groups in total. The highest BCUT2D eigenvalue weighted by molar-refractivity contribution is 7.92. The summed E-state index contributed by atoms with van der Waals surface area (Å²) in [5, 5.41) is 3.12. The number of rotatable bonds is 4. The van der Waals surface area contributed by atoms with Crippen LogP contribution in [0.5, 0.6) is 0 Å². The second-order valence-electron chi connectivity index (χ2n) is 6.10. The number of ether oxygens (including phenoxy) is 1. The van der Waals surface area contributed by atoms with Gasteiger partial charge >= 0.3 is 0 Å². The van der Waals surface area contributed by atoms with Gasteiger partial charge in [-0.25, -0.2) is 8.42 Å². The summed E-state index contributed by atoms with van der Waals surface area (Å²) < 4.78 is 31.3. The number of nitrogens with zero attached hydrogens (tertiary/aromatic N) is 1. The van der Waals surface area contributed by atoms with Crippen LogP contribution in [0.4, 0.5) is 5.69 Å². The van der Waals surface area contributed by atoms with Crippen molar-refractivity contribution in [3.8, 4) is 0 Å². The maximum atomic E-state index is 12.4. The van der Waals surface area contributed by atoms with E-state index in [1.807, 2.05) is 0 Å². The molecule has 0 unspecified atom stereocenters. The van der Waals surface area contributed by atoms with Gasteiger partial charge in [0.1, 0.15) is 0 Å². The third-order valence-corrected chi connectivity index (χ3v) is 6.55. The zero-order valence-corrected chi connectivity index (χ0v) is 14.9. The molecule has 2 heterocycles. The molecule has 1 atom stereocenters. The standard InChI is InChI=1S/C16H21ClN2O4S/c17-15-6-5-12(19-7-1-2-9-24(19,21)22)10-14(15)16(20)18-11-13-4-3-8-23-13/h5-6,10,13H,1-4,7-9,11H2,(H,18,20)/t13-/m1/s1. The minimum absolute atomic E-state index is 0.0402. The van der Waals surface area contributed by atoms with Crippen LogP contribution in [0.25, 0.3) is 0 Å². The van der Waals surface area contributed by atoms with Gasteiger partial charge < -0.3 is 10.1 Å². The first-order chi connectivity index (χ1) is 11.5. The fourth-order valence-corrected chi connectivity index (χ4v) is 4.86. The number of halogens is 1. The first-order valence-corrected chi connectivity index (χ1v) is 10.2. The summed E-state index contributed by atoms with van der Waals surface area (Å²) in [6.45, 7) is 1.59. The lowest BCUT2D eigenvalue weighted by Gasteiger charge is -2.28. The number of carbonyl (C=O) groups excluding carboxylic acids is 1. The van der Waals surface area contributed by atoms with Gasteiger partial charge in [0.15, 0.2) is 0 Å². The lowest BCUT2D eigenvalue weighted by Crippen LogP contribution is -2.38. The number of hydrogen-bond donors (Lipinski definition) is 1. The zero-order chi connectivity index (χ0) is 17.2. The Labute approximate surface area is 147 Å². The summed E-state index contributed by atoms with van der Waals surface area (Å²) in [5.74, 6) is -0.178. The van der Waals surface area contributed by atoms with Gasteiger partial charge in [0.2, 0.25) is 10.0 Å². The lowest BCUT2D eigenvalue weighted by molar-refractivity contribution is 0.0858. The number of benzene rings is 1. The smallest absolute Gasteiger partial charge is 0.252 e. The molecule has 0 radical (unpaired) electrons. The van der Waals surface area contributed by atoms with Crippen LogP contribution >= 0.6 is 11.6 Å². The summed E-state index contributed by atoms with van der Waals surface area (Å²) >= 11 is 6.14. The third-order valence-electron chi connectivity index (χ3n) is 4.35. The van der Waals surface area contributed by atoms with Crippen molar-refractivity contribution in [2.24, 2.45) is 0 Å². The minimum Gasteiger partial charge on any atom is -0.376 e. The van der Waals surface area contributed by atoms with E-state index < -0.39 is 10.0 Å². The molecule has 8 heteroatoms. The van der Waals surface area contributed by atoms with Gasteiger partial charge in [-0.1, -0.05) is 11.6 Å². The third kappa shape index (κ3) is 3.84. The van der Waals surface area contributed by atoms with E-state index in [0.29, 0.717) is 30.2 Å². The molecule has 1 amide bonds. The zero-order valence-electron chi connectivity index (χ0n) is 13.3. The van der Waals surface area contributed by atoms with Gasteiger partial charge in [0, 0.05) is 19.7 Å². The molecule has 1 aromatic rings. The van der Waals surface area contributed by atoms with Gasteiger partial charge in [-0.05, 0) is 43.9 Å². The Morgan fingerprint density at radius 2 is 2.17 bits per heavy atom. The van der Waals surface area contributed by atoms with Crippen molar-refractivity contribution in [2.45, 2.75) is 31.8 Å². The Balaban J connectivity index is 1.76. The van der Waals surface area contributed by atoms with E-state index in [-0.39, 0.29) is 23.3 Å². The van der Waals surface area contributed by atoms with Crippen molar-refractivity contribution in [1.82, 2.24) is 5.32 Å². The van der Waals surface area contributed by atoms with Crippen molar-refractivity contribution in [3.05, 3.63) is 28.8 Å². The van der Waals surface area contributed by atoms with Crippen molar-refractivity contribution in [3.63, 3.8) is 0 Å². The number of hydrogen-bond acceptors (Lipinski definition) is 4. The Morgan fingerprint density at radius 1 is 1.33 bits per heavy atom. The summed E-state index contributed by atoms with van der Waals surface area (Å²) in [6.07, 6.45) is 3.45. The molecule has 132 valence electrons. The second kappa shape index (κ2) is 7.29. The first-order valence-electron chi connectivity index (χ1n) is 8.17. The van der Waals surface area contributed by atoms with Crippen LogP contribution in [-0.2, 0) is 14.8 Å². The molecule has 0 aromatic heterocycles. The average Bonchev–Trinajstić information content (AvgIpc) is 3.06. The van der Waals surface area contributed by atoms with Crippen molar-refractivity contribution >= 4 is 33.2 Å². The maximum Gasteiger partial charge on any atom is 0.252 e. The molecule has 6 nitrogen and oxygen atoms in total. The molecule has 0 saturated carbocycles. The van der Waals surface area contributed by atoms with E-state index >= 15 is 0 Å². The second-order valence-corrected chi connectivity index (χ2v) is 8.52. The molecule has 24 heavy (non-hydrogen) atoms. The van der Waals surface area contributed by atoms with E-state index in [0.717, 1.165) is 25.9 Å². The fraction of sp³-hybridized carbons (Fsp3) is 0.562. The van der Waals surface area contributed by atoms with E-state index in [1.165, 1.54) is 4.31 Å². The minimum atomic E-state index is -3.32. The highest BCUT2D eigenvalue weighted by atomic mass is 35.5. The van der Waals surface area contributed by atoms with Gasteiger partial charge in [-0.15, -0.1) is 0 Å². The van der Waals surface area contributed by atoms with E-state index in [1.54, 1.807) is 18.2 Å². The largest absolute Gasteiger partial charge is 0.376 e. The van der Waals surface area contributed by atoms with Gasteiger partial charge in [0.05, 0.1) is 28.1 Å². The highest BCUT2D eigenvalue weighted by Gasteiger charge is 2.27. The van der Waals surface area contributed by atoms with Crippen molar-refractivity contribution in [2.75, 3.05) is 29.8 Å². The van der Waals surface area contributed by atoms with E-state index in [4.69, 9.17) is 16.3 Å². The van der Waals surface area contributed by atoms with Crippen LogP contribution in [0.15, 0.2) is 18.2 Å². The number of anilines is 1. The lowest BCUT2D eigenvalue weighted by atomic mass is 10.1. The molecule has 2 aliphatic heterocycles. The van der Waals surface area contributed by atoms with Crippen LogP contribution in [0.2, 0.25) is 5.02 Å². The summed E-state index contributed by atoms with van der Waals surface area (Å²) in [7, 11) is -3.32. The Morgan fingerprint density at radius 3 is 2.88 bits per heavy atom. The molecule has 0 spiro atoms. The summed E-state index contributed by atoms with van der Waals surface area (Å²) in [4.78, 5) is 12.4.